The van der Waals surface area contributed by atoms with Crippen molar-refractivity contribution in [3.63, 3.8) is 0 Å². The average Bonchev–Trinajstić information content (AvgIpc) is 2.17. The van der Waals surface area contributed by atoms with Crippen LogP contribution >= 0.6 is 11.6 Å². The van der Waals surface area contributed by atoms with Crippen molar-refractivity contribution < 1.29 is 4.39 Å². The molecule has 1 heterocycles. The van der Waals surface area contributed by atoms with Gasteiger partial charge in [0.05, 0.1) is 0 Å². The van der Waals surface area contributed by atoms with Gasteiger partial charge in [-0.3, -0.25) is 0 Å². The fraction of sp³-hybridized carbons (Fsp3) is 0. The van der Waals surface area contributed by atoms with Gasteiger partial charge in [-0.2, -0.15) is 0 Å². The highest BCUT2D eigenvalue weighted by Crippen LogP contribution is 2.25. The normalized spacial score (nSPS) is 16.9. The van der Waals surface area contributed by atoms with E-state index in [4.69, 9.17) is 11.6 Å². The van der Waals surface area contributed by atoms with Crippen LogP contribution in [0.5, 0.6) is 0 Å². The lowest BCUT2D eigenvalue weighted by atomic mass is 10.1. The third-order valence-corrected chi connectivity index (χ3v) is 2.09. The van der Waals surface area contributed by atoms with Crippen molar-refractivity contribution in [2.24, 2.45) is 0 Å². The predicted molar refractivity (Wildman–Crippen MR) is 53.0 cm³/mol. The van der Waals surface area contributed by atoms with E-state index in [1.165, 1.54) is 17.7 Å². The topological polar surface area (TPSA) is 12.0 Å². The van der Waals surface area contributed by atoms with Gasteiger partial charge in [-0.05, 0) is 24.3 Å². The Morgan fingerprint density at radius 1 is 1.31 bits per heavy atom. The summed E-state index contributed by atoms with van der Waals surface area (Å²) in [5, 5.41) is 3.05. The van der Waals surface area contributed by atoms with Gasteiger partial charge in [0, 0.05) is 22.5 Å². The summed E-state index contributed by atoms with van der Waals surface area (Å²) < 4.78 is 12.8. The van der Waals surface area contributed by atoms with E-state index in [0.717, 1.165) is 16.9 Å². The van der Waals surface area contributed by atoms with Crippen molar-refractivity contribution >= 4 is 23.4 Å². The van der Waals surface area contributed by atoms with Gasteiger partial charge in [-0.25, -0.2) is 4.39 Å². The molecule has 0 bridgehead atoms. The number of anilines is 1. The molecule has 0 amide bonds. The van der Waals surface area contributed by atoms with Crippen LogP contribution in [-0.2, 0) is 0 Å². The molecule has 0 saturated heterocycles. The molecule has 1 aliphatic rings. The molecule has 1 nitrogen and oxygen atoms in total. The zero-order valence-electron chi connectivity index (χ0n) is 6.72. The van der Waals surface area contributed by atoms with E-state index in [0.29, 0.717) is 0 Å². The van der Waals surface area contributed by atoms with Crippen LogP contribution in [0.4, 0.5) is 10.1 Å². The Balaban J connectivity index is 2.47. The van der Waals surface area contributed by atoms with Crippen LogP contribution in [0, 0.1) is 5.82 Å². The van der Waals surface area contributed by atoms with Crippen LogP contribution in [0.2, 0.25) is 0 Å². The molecule has 13 heavy (non-hydrogen) atoms. The first-order chi connectivity index (χ1) is 6.29. The second-order valence-electron chi connectivity index (χ2n) is 2.75. The summed E-state index contributed by atoms with van der Waals surface area (Å²) in [5.74, 6) is -0.233. The third-order valence-electron chi connectivity index (χ3n) is 1.85. The van der Waals surface area contributed by atoms with Crippen molar-refractivity contribution in [1.29, 1.82) is 0 Å². The van der Waals surface area contributed by atoms with Gasteiger partial charge in [0.2, 0.25) is 0 Å². The Morgan fingerprint density at radius 2 is 2.15 bits per heavy atom. The van der Waals surface area contributed by atoms with Crippen molar-refractivity contribution in [1.82, 2.24) is 0 Å². The maximum absolute atomic E-state index is 12.8. The lowest BCUT2D eigenvalue weighted by molar-refractivity contribution is 0.627. The minimum absolute atomic E-state index is 0.233. The maximum atomic E-state index is 12.8. The molecular formula is C10H7ClFN. The van der Waals surface area contributed by atoms with Crippen LogP contribution in [0.3, 0.4) is 0 Å². The largest absolute Gasteiger partial charge is 0.354 e. The number of hydrogen-bond acceptors (Lipinski definition) is 1. The Morgan fingerprint density at radius 3 is 2.92 bits per heavy atom. The zero-order valence-corrected chi connectivity index (χ0v) is 7.48. The molecule has 0 unspecified atom stereocenters. The van der Waals surface area contributed by atoms with E-state index in [-0.39, 0.29) is 5.82 Å². The van der Waals surface area contributed by atoms with Crippen LogP contribution in [-0.4, -0.2) is 0 Å². The molecule has 3 heteroatoms. The van der Waals surface area contributed by atoms with Gasteiger partial charge < -0.3 is 5.32 Å². The Hall–Kier alpha value is -1.28. The molecule has 66 valence electrons. The molecule has 1 aromatic carbocycles. The van der Waals surface area contributed by atoms with E-state index < -0.39 is 0 Å². The first-order valence-corrected chi connectivity index (χ1v) is 4.28. The van der Waals surface area contributed by atoms with Gasteiger partial charge in [0.15, 0.2) is 0 Å². The fourth-order valence-electron chi connectivity index (χ4n) is 1.23. The molecule has 0 radical (unpaired) electrons. The SMILES string of the molecule is Fc1ccc2c(c1)C=C/C(=C\Cl)N2. The molecule has 0 atom stereocenters. The first kappa shape index (κ1) is 8.32. The molecule has 2 rings (SSSR count). The van der Waals surface area contributed by atoms with Crippen molar-refractivity contribution in [3.05, 3.63) is 46.9 Å². The second-order valence-corrected chi connectivity index (χ2v) is 2.97. The van der Waals surface area contributed by atoms with Gasteiger partial charge >= 0.3 is 0 Å². The summed E-state index contributed by atoms with van der Waals surface area (Å²) in [4.78, 5) is 0. The van der Waals surface area contributed by atoms with E-state index >= 15 is 0 Å². The van der Waals surface area contributed by atoms with E-state index in [9.17, 15) is 4.39 Å². The van der Waals surface area contributed by atoms with E-state index in [1.807, 2.05) is 6.08 Å². The second kappa shape index (κ2) is 3.23. The van der Waals surface area contributed by atoms with E-state index in [1.54, 1.807) is 12.1 Å². The highest BCUT2D eigenvalue weighted by molar-refractivity contribution is 6.26. The Bertz CT molecular complexity index is 396. The standard InChI is InChI=1S/C10H7ClFN/c11-6-9-3-1-7-5-8(12)2-4-10(7)13-9/h1-6,13H/b9-6+. The van der Waals surface area contributed by atoms with Gasteiger partial charge in [-0.1, -0.05) is 17.7 Å². The number of hydrogen-bond donors (Lipinski definition) is 1. The van der Waals surface area contributed by atoms with Crippen LogP contribution in [0.25, 0.3) is 6.08 Å². The highest BCUT2D eigenvalue weighted by atomic mass is 35.5. The van der Waals surface area contributed by atoms with Gasteiger partial charge in [0.1, 0.15) is 5.82 Å². The minimum Gasteiger partial charge on any atom is -0.354 e. The minimum atomic E-state index is -0.233. The number of benzene rings is 1. The van der Waals surface area contributed by atoms with Crippen LogP contribution in [0.15, 0.2) is 35.5 Å². The average molecular weight is 196 g/mol. The monoisotopic (exact) mass is 195 g/mol. The number of nitrogens with one attached hydrogen (secondary N) is 1. The predicted octanol–water partition coefficient (Wildman–Crippen LogP) is 3.34. The third kappa shape index (κ3) is 1.58. The Kier molecular flexibility index (Phi) is 2.07. The van der Waals surface area contributed by atoms with Crippen molar-refractivity contribution in [2.75, 3.05) is 5.32 Å². The quantitative estimate of drug-likeness (QED) is 0.670. The van der Waals surface area contributed by atoms with E-state index in [2.05, 4.69) is 5.32 Å². The molecule has 1 aromatic rings. The summed E-state index contributed by atoms with van der Waals surface area (Å²) in [6.45, 7) is 0. The summed E-state index contributed by atoms with van der Waals surface area (Å²) in [6.07, 6.45) is 3.62. The molecule has 0 saturated carbocycles. The Labute approximate surface area is 80.5 Å². The molecular weight excluding hydrogens is 189 g/mol. The first-order valence-electron chi connectivity index (χ1n) is 3.84. The zero-order chi connectivity index (χ0) is 9.26. The summed E-state index contributed by atoms with van der Waals surface area (Å²) in [6, 6.07) is 4.58. The molecule has 1 N–H and O–H groups in total. The number of allylic oxidation sites excluding steroid dienone is 1. The number of fused-ring (bicyclic) bond motifs is 1. The van der Waals surface area contributed by atoms with Crippen LogP contribution < -0.4 is 5.32 Å². The van der Waals surface area contributed by atoms with Crippen molar-refractivity contribution in [3.8, 4) is 0 Å². The summed E-state index contributed by atoms with van der Waals surface area (Å²) >= 11 is 5.53. The fourth-order valence-corrected chi connectivity index (χ4v) is 1.35. The smallest absolute Gasteiger partial charge is 0.123 e. The lowest BCUT2D eigenvalue weighted by Crippen LogP contribution is -2.02. The van der Waals surface area contributed by atoms with Gasteiger partial charge in [-0.15, -0.1) is 0 Å². The molecule has 0 spiro atoms. The number of rotatable bonds is 0. The molecule has 0 fully saturated rings. The summed E-state index contributed by atoms with van der Waals surface area (Å²) in [5.41, 5.74) is 3.96. The molecule has 1 aliphatic heterocycles. The highest BCUT2D eigenvalue weighted by Gasteiger charge is 2.06. The van der Waals surface area contributed by atoms with Gasteiger partial charge in [0.25, 0.3) is 0 Å². The maximum Gasteiger partial charge on any atom is 0.123 e. The van der Waals surface area contributed by atoms with Crippen LogP contribution in [0.1, 0.15) is 5.56 Å². The van der Waals surface area contributed by atoms with Crippen molar-refractivity contribution in [2.45, 2.75) is 0 Å². The number of halogens is 2. The lowest BCUT2D eigenvalue weighted by Gasteiger charge is -2.14. The molecule has 0 aliphatic carbocycles. The molecule has 0 aromatic heterocycles. The summed E-state index contributed by atoms with van der Waals surface area (Å²) in [7, 11) is 0.